The molecule has 0 aliphatic heterocycles. The van der Waals surface area contributed by atoms with Crippen molar-refractivity contribution in [1.29, 1.82) is 0 Å². The molecule has 10 aromatic rings. The maximum Gasteiger partial charge on any atom is 0.162 e. The van der Waals surface area contributed by atoms with Crippen LogP contribution in [0.2, 0.25) is 0 Å². The molecule has 0 amide bonds. The third-order valence-electron chi connectivity index (χ3n) is 12.7. The van der Waals surface area contributed by atoms with E-state index in [-0.39, 0.29) is 6.61 Å². The van der Waals surface area contributed by atoms with Gasteiger partial charge in [0.15, 0.2) is 5.82 Å². The van der Waals surface area contributed by atoms with E-state index in [1.54, 1.807) is 7.11 Å². The molecule has 0 saturated heterocycles. The highest BCUT2D eigenvalue weighted by Gasteiger charge is 2.44. The van der Waals surface area contributed by atoms with Crippen molar-refractivity contribution in [3.8, 4) is 28.5 Å². The summed E-state index contributed by atoms with van der Waals surface area (Å²) in [6, 6.07) is 74.0. The van der Waals surface area contributed by atoms with Gasteiger partial charge in [-0.3, -0.25) is 0 Å². The quantitative estimate of drug-likeness (QED) is 0.117. The number of aromatic nitrogens is 4. The summed E-state index contributed by atoms with van der Waals surface area (Å²) in [5.41, 5.74) is 9.03. The first kappa shape index (κ1) is 41.0. The number of rotatable bonds is 13. The molecule has 0 atom stereocenters. The number of fused-ring (bicyclic) bond motifs is 1. The molecular weight excluding hydrogens is 797 g/mol. The second-order valence-electron chi connectivity index (χ2n) is 16.3. The third-order valence-corrected chi connectivity index (χ3v) is 12.7. The molecule has 65 heavy (non-hydrogen) atoms. The van der Waals surface area contributed by atoms with Gasteiger partial charge in [0.05, 0.1) is 31.4 Å². The molecule has 0 fully saturated rings. The van der Waals surface area contributed by atoms with Crippen LogP contribution in [-0.4, -0.2) is 31.3 Å². The van der Waals surface area contributed by atoms with E-state index >= 15 is 0 Å². The fourth-order valence-corrected chi connectivity index (χ4v) is 10.0. The molecule has 10 rings (SSSR count). The van der Waals surface area contributed by atoms with Gasteiger partial charge in [-0.25, -0.2) is 9.97 Å². The highest BCUT2D eigenvalue weighted by Crippen LogP contribution is 2.49. The lowest BCUT2D eigenvalue weighted by molar-refractivity contribution is 0.278. The van der Waals surface area contributed by atoms with E-state index in [0.717, 1.165) is 72.3 Å². The molecule has 0 bridgehead atoms. The van der Waals surface area contributed by atoms with Crippen LogP contribution < -0.4 is 4.74 Å². The molecule has 0 radical (unpaired) electrons. The second-order valence-corrected chi connectivity index (χ2v) is 16.3. The summed E-state index contributed by atoms with van der Waals surface area (Å²) in [5, 5.41) is 13.6. The van der Waals surface area contributed by atoms with Gasteiger partial charge in [0.1, 0.15) is 22.5 Å². The Kier molecular flexibility index (Phi) is 10.9. The molecular formula is C59H48N4O2. The minimum Gasteiger partial charge on any atom is -0.496 e. The molecule has 1 N–H and O–H groups in total. The Morgan fingerprint density at radius 3 is 1.42 bits per heavy atom. The minimum atomic E-state index is -1.04. The summed E-state index contributed by atoms with van der Waals surface area (Å²) in [6.07, 6.45) is 4.05. The van der Waals surface area contributed by atoms with Gasteiger partial charge in [-0.15, -0.1) is 0 Å². The van der Waals surface area contributed by atoms with Crippen LogP contribution in [0.15, 0.2) is 231 Å². The van der Waals surface area contributed by atoms with E-state index in [2.05, 4.69) is 210 Å². The van der Waals surface area contributed by atoms with Crippen molar-refractivity contribution in [3.63, 3.8) is 0 Å². The van der Waals surface area contributed by atoms with Crippen molar-refractivity contribution in [2.75, 3.05) is 7.11 Å². The predicted octanol–water partition coefficient (Wildman–Crippen LogP) is 12.8. The zero-order valence-electron chi connectivity index (χ0n) is 36.4. The minimum absolute atomic E-state index is 0.327. The van der Waals surface area contributed by atoms with Crippen LogP contribution >= 0.6 is 0 Å². The SMILES string of the molecule is C=C(C)c1c(OC)ccc2c(-c3c(CO)nc(-c4cn(C(c5ccccc5)(c5ccccc5)c5ccccc5)cn4)n3C(c3ccccc3)(c3ccccc3)c3ccccc3)cccc12. The van der Waals surface area contributed by atoms with Crippen molar-refractivity contribution in [1.82, 2.24) is 19.1 Å². The molecule has 0 aliphatic rings. The van der Waals surface area contributed by atoms with Crippen molar-refractivity contribution in [3.05, 3.63) is 276 Å². The van der Waals surface area contributed by atoms with Crippen LogP contribution in [0.25, 0.3) is 39.1 Å². The van der Waals surface area contributed by atoms with Gasteiger partial charge in [0.25, 0.3) is 0 Å². The molecule has 2 aromatic heterocycles. The molecule has 6 heteroatoms. The Hall–Kier alpha value is -8.06. The van der Waals surface area contributed by atoms with E-state index < -0.39 is 11.1 Å². The summed E-state index contributed by atoms with van der Waals surface area (Å²) >= 11 is 0. The zero-order valence-corrected chi connectivity index (χ0v) is 36.4. The first-order valence-electron chi connectivity index (χ1n) is 21.9. The number of aliphatic hydroxyl groups excluding tert-OH is 1. The predicted molar refractivity (Wildman–Crippen MR) is 263 cm³/mol. The molecule has 0 saturated carbocycles. The number of aliphatic hydroxyl groups is 1. The normalized spacial score (nSPS) is 11.7. The van der Waals surface area contributed by atoms with Crippen LogP contribution in [-0.2, 0) is 17.7 Å². The molecule has 0 spiro atoms. The van der Waals surface area contributed by atoms with Crippen molar-refractivity contribution in [2.24, 2.45) is 0 Å². The summed E-state index contributed by atoms with van der Waals surface area (Å²) in [4.78, 5) is 10.9. The van der Waals surface area contributed by atoms with E-state index in [9.17, 15) is 5.11 Å². The van der Waals surface area contributed by atoms with Crippen molar-refractivity contribution < 1.29 is 9.84 Å². The standard InChI is InChI=1S/C59H48N4O2/c1-42(2)55-50-35-22-36-51(49(50)37-38-54(55)65-3)56-53(40-64)61-57(63(56)59(46-29-16-7-17-30-46,47-31-18-8-19-32-47)48-33-20-9-21-34-48)52-39-62(41-60-52)58(43-23-10-4-11-24-43,44-25-12-5-13-26-44)45-27-14-6-15-28-45/h4-39,41,64H,1,40H2,2-3H3. The number of allylic oxidation sites excluding steroid dienone is 1. The average molecular weight is 845 g/mol. The number of benzene rings is 8. The fraction of sp³-hybridized carbons (Fsp3) is 0.0847. The fourth-order valence-electron chi connectivity index (χ4n) is 10.0. The maximum atomic E-state index is 11.7. The Labute approximate surface area is 380 Å². The molecule has 6 nitrogen and oxygen atoms in total. The van der Waals surface area contributed by atoms with Gasteiger partial charge in [-0.1, -0.05) is 207 Å². The lowest BCUT2D eigenvalue weighted by Crippen LogP contribution is -2.39. The number of hydrogen-bond donors (Lipinski definition) is 1. The lowest BCUT2D eigenvalue weighted by Gasteiger charge is -2.40. The van der Waals surface area contributed by atoms with Gasteiger partial charge in [-0.2, -0.15) is 0 Å². The topological polar surface area (TPSA) is 65.1 Å². The Bertz CT molecular complexity index is 3040. The molecule has 0 unspecified atom stereocenters. The van der Waals surface area contributed by atoms with Crippen LogP contribution in [0.3, 0.4) is 0 Å². The highest BCUT2D eigenvalue weighted by atomic mass is 16.5. The number of methoxy groups -OCH3 is 1. The van der Waals surface area contributed by atoms with E-state index in [1.165, 1.54) is 0 Å². The second kappa shape index (κ2) is 17.2. The van der Waals surface area contributed by atoms with Gasteiger partial charge < -0.3 is 19.0 Å². The molecule has 8 aromatic carbocycles. The monoisotopic (exact) mass is 844 g/mol. The van der Waals surface area contributed by atoms with Gasteiger partial charge >= 0.3 is 0 Å². The number of imidazole rings is 2. The number of ether oxygens (including phenoxy) is 1. The van der Waals surface area contributed by atoms with Crippen LogP contribution in [0, 0.1) is 0 Å². The molecule has 0 aliphatic carbocycles. The van der Waals surface area contributed by atoms with E-state index in [1.807, 2.05) is 37.5 Å². The van der Waals surface area contributed by atoms with Gasteiger partial charge in [0, 0.05) is 17.3 Å². The third kappa shape index (κ3) is 6.69. The van der Waals surface area contributed by atoms with Crippen LogP contribution in [0.4, 0.5) is 0 Å². The Balaban J connectivity index is 1.37. The summed E-state index contributed by atoms with van der Waals surface area (Å²) in [5.74, 6) is 1.34. The van der Waals surface area contributed by atoms with E-state index in [4.69, 9.17) is 14.7 Å². The smallest absolute Gasteiger partial charge is 0.162 e. The molecule has 316 valence electrons. The Morgan fingerprint density at radius 1 is 0.554 bits per heavy atom. The van der Waals surface area contributed by atoms with Crippen LogP contribution in [0.5, 0.6) is 5.75 Å². The van der Waals surface area contributed by atoms with E-state index in [0.29, 0.717) is 17.2 Å². The lowest BCUT2D eigenvalue weighted by atomic mass is 9.76. The van der Waals surface area contributed by atoms with Crippen molar-refractivity contribution in [2.45, 2.75) is 24.6 Å². The van der Waals surface area contributed by atoms with Crippen molar-refractivity contribution >= 4 is 16.3 Å². The number of hydrogen-bond acceptors (Lipinski definition) is 4. The maximum absolute atomic E-state index is 11.7. The largest absolute Gasteiger partial charge is 0.496 e. The Morgan fingerprint density at radius 2 is 1.00 bits per heavy atom. The number of nitrogens with zero attached hydrogens (tertiary/aromatic N) is 4. The van der Waals surface area contributed by atoms with Gasteiger partial charge in [-0.05, 0) is 68.8 Å². The first-order valence-corrected chi connectivity index (χ1v) is 21.9. The van der Waals surface area contributed by atoms with Crippen LogP contribution in [0.1, 0.15) is 51.6 Å². The first-order chi connectivity index (χ1) is 32.0. The summed E-state index contributed by atoms with van der Waals surface area (Å²) < 4.78 is 10.5. The summed E-state index contributed by atoms with van der Waals surface area (Å²) in [6.45, 7) is 6.06. The highest BCUT2D eigenvalue weighted by molar-refractivity contribution is 6.04. The summed E-state index contributed by atoms with van der Waals surface area (Å²) in [7, 11) is 1.69. The van der Waals surface area contributed by atoms with Gasteiger partial charge in [0.2, 0.25) is 0 Å². The molecule has 2 heterocycles. The zero-order chi connectivity index (χ0) is 44.4. The average Bonchev–Trinajstić information content (AvgIpc) is 4.02.